The molecule has 1 nitrogen and oxygen atoms in total. The molecule has 9 heteroatoms. The molecule has 0 radical (unpaired) electrons. The fraction of sp³-hybridized carbons (Fsp3) is 1.00. The Morgan fingerprint density at radius 2 is 1.29 bits per heavy atom. The lowest BCUT2D eigenvalue weighted by molar-refractivity contribution is -0.130. The van der Waals surface area contributed by atoms with Gasteiger partial charge in [0, 0.05) is 6.42 Å². The van der Waals surface area contributed by atoms with Gasteiger partial charge in [-0.1, -0.05) is 13.1 Å². The third kappa shape index (κ3) is 6.46. The molecule has 104 valence electrons. The molecule has 0 saturated carbocycles. The maximum atomic E-state index is 12.6. The summed E-state index contributed by atoms with van der Waals surface area (Å²) in [5.41, 5.74) is 0. The molecule has 0 amide bonds. The second-order valence-electron chi connectivity index (χ2n) is 5.25. The van der Waals surface area contributed by atoms with Crippen molar-refractivity contribution in [3.8, 4) is 0 Å². The van der Waals surface area contributed by atoms with Crippen molar-refractivity contribution in [2.24, 2.45) is 0 Å². The molecule has 0 fully saturated rings. The quantitative estimate of drug-likeness (QED) is 0.610. The van der Waals surface area contributed by atoms with Crippen LogP contribution in [-0.2, 0) is 0 Å². The second-order valence-corrected chi connectivity index (χ2v) is 14.3. The van der Waals surface area contributed by atoms with Gasteiger partial charge in [0.1, 0.15) is 8.24 Å². The molecule has 0 aliphatic rings. The monoisotopic (exact) mass is 297 g/mol. The van der Waals surface area contributed by atoms with Crippen LogP contribution in [0.4, 0.5) is 26.3 Å². The third-order valence-electron chi connectivity index (χ3n) is 2.39. The van der Waals surface area contributed by atoms with E-state index in [1.165, 1.54) is 13.1 Å². The molecule has 0 aromatic carbocycles. The Kier molecular flexibility index (Phi) is 4.91. The van der Waals surface area contributed by atoms with E-state index < -0.39 is 34.9 Å². The highest BCUT2D eigenvalue weighted by Gasteiger charge is 2.52. The van der Waals surface area contributed by atoms with Crippen molar-refractivity contribution in [2.75, 3.05) is 0 Å². The number of hydrogen-bond acceptors (Lipinski definition) is 1. The largest absolute Gasteiger partial charge is 0.388 e. The van der Waals surface area contributed by atoms with Gasteiger partial charge in [0.25, 0.3) is 0 Å². The Labute approximate surface area is 98.8 Å². The van der Waals surface area contributed by atoms with Gasteiger partial charge in [-0.15, -0.1) is 0 Å². The summed E-state index contributed by atoms with van der Waals surface area (Å²) in [6.07, 6.45) is -5.34. The molecule has 0 rings (SSSR count). The zero-order valence-electron chi connectivity index (χ0n) is 10.2. The van der Waals surface area contributed by atoms with Crippen LogP contribution in [0, 0.1) is 0 Å². The van der Waals surface area contributed by atoms with Crippen LogP contribution in [0.15, 0.2) is 0 Å². The molecular formula is C8H17F6NSi2. The molecule has 0 atom stereocenters. The van der Waals surface area contributed by atoms with Crippen LogP contribution in [0.3, 0.4) is 0 Å². The standard InChI is InChI=1S/C8H17F6NSi2/c1-16(2,6-5-7(9,10)11)15-17(3,4)8(12,13)14/h15H,5-6H2,1-4H3. The fourth-order valence-electron chi connectivity index (χ4n) is 1.43. The zero-order valence-corrected chi connectivity index (χ0v) is 12.2. The predicted octanol–water partition coefficient (Wildman–Crippen LogP) is 4.04. The van der Waals surface area contributed by atoms with Crippen LogP contribution in [0.25, 0.3) is 0 Å². The average Bonchev–Trinajstić information content (AvgIpc) is 1.95. The van der Waals surface area contributed by atoms with E-state index in [1.54, 1.807) is 0 Å². The van der Waals surface area contributed by atoms with E-state index in [4.69, 9.17) is 0 Å². The second kappa shape index (κ2) is 4.92. The summed E-state index contributed by atoms with van der Waals surface area (Å²) in [6, 6.07) is -0.233. The van der Waals surface area contributed by atoms with Crippen LogP contribution in [0.2, 0.25) is 32.2 Å². The first-order valence-electron chi connectivity index (χ1n) is 5.09. The normalized spacial score (nSPS) is 15.2. The summed E-state index contributed by atoms with van der Waals surface area (Å²) < 4.78 is 76.5. The first-order chi connectivity index (χ1) is 7.16. The molecule has 0 bridgehead atoms. The van der Waals surface area contributed by atoms with Gasteiger partial charge in [-0.3, -0.25) is 0 Å². The van der Waals surface area contributed by atoms with Crippen LogP contribution in [0.5, 0.6) is 0 Å². The molecule has 0 spiro atoms. The molecule has 17 heavy (non-hydrogen) atoms. The molecule has 0 saturated heterocycles. The average molecular weight is 297 g/mol. The lowest BCUT2D eigenvalue weighted by atomic mass is 10.5. The lowest BCUT2D eigenvalue weighted by Gasteiger charge is -2.35. The molecule has 0 aliphatic carbocycles. The number of halogens is 6. The van der Waals surface area contributed by atoms with E-state index in [0.29, 0.717) is 0 Å². The van der Waals surface area contributed by atoms with Crippen LogP contribution in [0.1, 0.15) is 6.42 Å². The Hall–Kier alpha value is -0.0262. The van der Waals surface area contributed by atoms with Crippen molar-refractivity contribution in [1.29, 1.82) is 0 Å². The first-order valence-corrected chi connectivity index (χ1v) is 11.3. The van der Waals surface area contributed by atoms with Gasteiger partial charge in [-0.2, -0.15) is 26.3 Å². The summed E-state index contributed by atoms with van der Waals surface area (Å²) in [5, 5.41) is 0. The molecule has 1 N–H and O–H groups in total. The van der Waals surface area contributed by atoms with E-state index in [0.717, 1.165) is 13.1 Å². The van der Waals surface area contributed by atoms with Crippen molar-refractivity contribution in [2.45, 2.75) is 50.6 Å². The molecule has 0 aliphatic heterocycles. The molecule has 0 unspecified atom stereocenters. The van der Waals surface area contributed by atoms with E-state index in [1.807, 2.05) is 0 Å². The van der Waals surface area contributed by atoms with E-state index in [9.17, 15) is 26.3 Å². The van der Waals surface area contributed by atoms with Gasteiger partial charge in [-0.05, 0) is 19.1 Å². The molecule has 0 aromatic rings. The summed E-state index contributed by atoms with van der Waals surface area (Å²) >= 11 is 0. The van der Waals surface area contributed by atoms with Gasteiger partial charge in [0.2, 0.25) is 8.24 Å². The molecule has 0 aromatic heterocycles. The third-order valence-corrected chi connectivity index (χ3v) is 10.5. The van der Waals surface area contributed by atoms with E-state index >= 15 is 0 Å². The van der Waals surface area contributed by atoms with E-state index in [2.05, 4.69) is 4.65 Å². The summed E-state index contributed by atoms with van der Waals surface area (Å²) in [7, 11) is -6.38. The number of nitrogens with one attached hydrogen (secondary N) is 1. The smallest absolute Gasteiger partial charge is 0.353 e. The Morgan fingerprint density at radius 3 is 1.59 bits per heavy atom. The van der Waals surface area contributed by atoms with Gasteiger partial charge < -0.3 is 4.65 Å². The Bertz CT molecular complexity index is 258. The number of rotatable bonds is 4. The maximum absolute atomic E-state index is 12.6. The molecular weight excluding hydrogens is 280 g/mol. The highest BCUT2D eigenvalue weighted by molar-refractivity contribution is 6.92. The summed E-state index contributed by atoms with van der Waals surface area (Å²) in [6.45, 7) is 5.16. The van der Waals surface area contributed by atoms with E-state index in [-0.39, 0.29) is 6.04 Å². The van der Waals surface area contributed by atoms with Gasteiger partial charge in [0.05, 0.1) is 0 Å². The number of hydrogen-bond donors (Lipinski definition) is 1. The van der Waals surface area contributed by atoms with Gasteiger partial charge >= 0.3 is 12.0 Å². The number of alkyl halides is 6. The fourth-order valence-corrected chi connectivity index (χ4v) is 10.2. The zero-order chi connectivity index (χ0) is 14.1. The maximum Gasteiger partial charge on any atom is 0.388 e. The van der Waals surface area contributed by atoms with Crippen molar-refractivity contribution in [3.05, 3.63) is 0 Å². The lowest BCUT2D eigenvalue weighted by Crippen LogP contribution is -2.66. The van der Waals surface area contributed by atoms with Crippen LogP contribution in [-0.4, -0.2) is 28.4 Å². The van der Waals surface area contributed by atoms with Gasteiger partial charge in [0.15, 0.2) is 0 Å². The summed E-state index contributed by atoms with van der Waals surface area (Å²) in [5.74, 6) is -4.34. The Balaban J connectivity index is 4.55. The molecule has 0 heterocycles. The highest BCUT2D eigenvalue weighted by atomic mass is 28.4. The minimum absolute atomic E-state index is 0.233. The van der Waals surface area contributed by atoms with Crippen LogP contribution >= 0.6 is 0 Å². The van der Waals surface area contributed by atoms with Crippen molar-refractivity contribution in [3.63, 3.8) is 0 Å². The Morgan fingerprint density at radius 1 is 0.882 bits per heavy atom. The minimum atomic E-state index is -4.34. The SMILES string of the molecule is C[Si](C)(CCC(F)(F)F)N[Si](C)(C)C(F)(F)F. The van der Waals surface area contributed by atoms with Crippen molar-refractivity contribution < 1.29 is 26.3 Å². The van der Waals surface area contributed by atoms with Gasteiger partial charge in [-0.25, -0.2) is 0 Å². The van der Waals surface area contributed by atoms with Crippen molar-refractivity contribution >= 4 is 16.5 Å². The highest BCUT2D eigenvalue weighted by Crippen LogP contribution is 2.30. The predicted molar refractivity (Wildman–Crippen MR) is 59.6 cm³/mol. The topological polar surface area (TPSA) is 12.0 Å². The first kappa shape index (κ1) is 17.0. The summed E-state index contributed by atoms with van der Waals surface area (Å²) in [4.78, 5) is 0. The minimum Gasteiger partial charge on any atom is -0.353 e. The van der Waals surface area contributed by atoms with Crippen LogP contribution < -0.4 is 4.65 Å². The van der Waals surface area contributed by atoms with Crippen molar-refractivity contribution in [1.82, 2.24) is 4.65 Å².